The molecule has 3 aliphatic rings. The number of likely N-dealkylation sites (tertiary alicyclic amines) is 2. The van der Waals surface area contributed by atoms with Crippen LogP contribution >= 0.6 is 0 Å². The van der Waals surface area contributed by atoms with Crippen molar-refractivity contribution in [2.24, 2.45) is 5.92 Å². The van der Waals surface area contributed by atoms with Crippen molar-refractivity contribution in [1.82, 2.24) is 20.0 Å². The van der Waals surface area contributed by atoms with E-state index in [0.29, 0.717) is 12.0 Å². The molecule has 0 aromatic heterocycles. The van der Waals surface area contributed by atoms with Crippen LogP contribution in [0.2, 0.25) is 0 Å². The Kier molecular flexibility index (Phi) is 5.37. The van der Waals surface area contributed by atoms with Gasteiger partial charge in [-0.25, -0.2) is 4.79 Å². The van der Waals surface area contributed by atoms with Crippen LogP contribution in [0.1, 0.15) is 26.2 Å². The fourth-order valence-electron chi connectivity index (χ4n) is 3.86. The van der Waals surface area contributed by atoms with Crippen molar-refractivity contribution in [3.05, 3.63) is 12.2 Å². The topological polar surface area (TPSA) is 38.8 Å². The van der Waals surface area contributed by atoms with E-state index in [-0.39, 0.29) is 6.03 Å². The molecule has 2 atom stereocenters. The minimum atomic E-state index is 0.128. The molecule has 0 aromatic rings. The predicted molar refractivity (Wildman–Crippen MR) is 88.9 cm³/mol. The molecule has 2 amide bonds. The van der Waals surface area contributed by atoms with E-state index in [1.54, 1.807) is 0 Å². The van der Waals surface area contributed by atoms with Crippen LogP contribution in [-0.4, -0.2) is 79.1 Å². The highest BCUT2D eigenvalue weighted by atomic mass is 16.2. The van der Waals surface area contributed by atoms with E-state index in [4.69, 9.17) is 0 Å². The second kappa shape index (κ2) is 7.47. The van der Waals surface area contributed by atoms with Gasteiger partial charge in [0.2, 0.25) is 0 Å². The lowest BCUT2D eigenvalue weighted by molar-refractivity contribution is 0.196. The summed E-state index contributed by atoms with van der Waals surface area (Å²) in [6.45, 7) is 10.5. The fourth-order valence-corrected chi connectivity index (χ4v) is 3.86. The van der Waals surface area contributed by atoms with E-state index in [1.807, 2.05) is 4.90 Å². The Balaban J connectivity index is 1.35. The Hall–Kier alpha value is -1.07. The lowest BCUT2D eigenvalue weighted by Gasteiger charge is -2.25. The first-order chi connectivity index (χ1) is 10.7. The van der Waals surface area contributed by atoms with Crippen LogP contribution < -0.4 is 5.32 Å². The van der Waals surface area contributed by atoms with Gasteiger partial charge in [0.15, 0.2) is 0 Å². The average Bonchev–Trinajstić information content (AvgIpc) is 3.23. The summed E-state index contributed by atoms with van der Waals surface area (Å²) in [6.07, 6.45) is 8.23. The number of nitrogens with one attached hydrogen (secondary N) is 1. The number of amides is 2. The highest BCUT2D eigenvalue weighted by Crippen LogP contribution is 2.18. The lowest BCUT2D eigenvalue weighted by Crippen LogP contribution is -2.43. The molecule has 3 aliphatic heterocycles. The van der Waals surface area contributed by atoms with Gasteiger partial charge in [-0.1, -0.05) is 19.1 Å². The zero-order valence-corrected chi connectivity index (χ0v) is 13.8. The summed E-state index contributed by atoms with van der Waals surface area (Å²) in [5.74, 6) is 0.531. The predicted octanol–water partition coefficient (Wildman–Crippen LogP) is 1.37. The van der Waals surface area contributed by atoms with Crippen LogP contribution in [0.3, 0.4) is 0 Å². The Labute approximate surface area is 134 Å². The molecule has 1 N–H and O–H groups in total. The molecule has 0 radical (unpaired) electrons. The van der Waals surface area contributed by atoms with Gasteiger partial charge in [-0.2, -0.15) is 0 Å². The van der Waals surface area contributed by atoms with E-state index < -0.39 is 0 Å². The van der Waals surface area contributed by atoms with Crippen LogP contribution in [0, 0.1) is 5.92 Å². The quantitative estimate of drug-likeness (QED) is 0.780. The molecule has 0 spiro atoms. The third-order valence-corrected chi connectivity index (χ3v) is 5.18. The first-order valence-corrected chi connectivity index (χ1v) is 8.86. The molecule has 0 bridgehead atoms. The second-order valence-electron chi connectivity index (χ2n) is 7.11. The number of carbonyl (C=O) groups is 1. The van der Waals surface area contributed by atoms with Crippen LogP contribution in [0.25, 0.3) is 0 Å². The van der Waals surface area contributed by atoms with E-state index in [2.05, 4.69) is 34.2 Å². The SMILES string of the molecule is CC(CNC(=O)N1CCC(N2CC=CC2)C1)CN1CCCC1. The van der Waals surface area contributed by atoms with E-state index in [0.717, 1.165) is 45.7 Å². The molecule has 5 heteroatoms. The summed E-state index contributed by atoms with van der Waals surface area (Å²) in [5.41, 5.74) is 0. The molecular formula is C17H30N4O. The van der Waals surface area contributed by atoms with Crippen LogP contribution in [0.5, 0.6) is 0 Å². The third kappa shape index (κ3) is 4.02. The van der Waals surface area contributed by atoms with Crippen molar-refractivity contribution in [1.29, 1.82) is 0 Å². The summed E-state index contributed by atoms with van der Waals surface area (Å²) in [4.78, 5) is 19.3. The number of hydrogen-bond donors (Lipinski definition) is 1. The molecular weight excluding hydrogens is 276 g/mol. The maximum absolute atomic E-state index is 12.3. The molecule has 22 heavy (non-hydrogen) atoms. The molecule has 124 valence electrons. The zero-order chi connectivity index (χ0) is 15.4. The zero-order valence-electron chi connectivity index (χ0n) is 13.8. The van der Waals surface area contributed by atoms with Crippen molar-refractivity contribution in [2.45, 2.75) is 32.2 Å². The standard InChI is InChI=1S/C17H30N4O/c1-15(13-19-7-2-3-8-19)12-18-17(22)21-11-6-16(14-21)20-9-4-5-10-20/h4-5,15-16H,2-3,6-14H2,1H3,(H,18,22). The Morgan fingerprint density at radius 2 is 1.95 bits per heavy atom. The van der Waals surface area contributed by atoms with Crippen molar-refractivity contribution in [3.8, 4) is 0 Å². The van der Waals surface area contributed by atoms with Crippen LogP contribution in [-0.2, 0) is 0 Å². The molecule has 5 nitrogen and oxygen atoms in total. The Morgan fingerprint density at radius 1 is 1.23 bits per heavy atom. The Morgan fingerprint density at radius 3 is 2.68 bits per heavy atom. The van der Waals surface area contributed by atoms with Gasteiger partial charge in [0, 0.05) is 45.3 Å². The third-order valence-electron chi connectivity index (χ3n) is 5.18. The summed E-state index contributed by atoms with van der Waals surface area (Å²) in [5, 5.41) is 3.14. The minimum absolute atomic E-state index is 0.128. The molecule has 2 fully saturated rings. The van der Waals surface area contributed by atoms with Crippen LogP contribution in [0.4, 0.5) is 4.79 Å². The number of rotatable bonds is 5. The first kappa shape index (κ1) is 15.8. The van der Waals surface area contributed by atoms with E-state index >= 15 is 0 Å². The van der Waals surface area contributed by atoms with Gasteiger partial charge in [0.05, 0.1) is 0 Å². The highest BCUT2D eigenvalue weighted by Gasteiger charge is 2.30. The lowest BCUT2D eigenvalue weighted by atomic mass is 10.1. The summed E-state index contributed by atoms with van der Waals surface area (Å²) in [6, 6.07) is 0.672. The minimum Gasteiger partial charge on any atom is -0.338 e. The van der Waals surface area contributed by atoms with Gasteiger partial charge in [0.25, 0.3) is 0 Å². The normalized spacial score (nSPS) is 27.7. The Bertz CT molecular complexity index is 397. The maximum Gasteiger partial charge on any atom is 0.317 e. The smallest absolute Gasteiger partial charge is 0.317 e. The fraction of sp³-hybridized carbons (Fsp3) is 0.824. The van der Waals surface area contributed by atoms with Crippen LogP contribution in [0.15, 0.2) is 12.2 Å². The summed E-state index contributed by atoms with van der Waals surface area (Å²) < 4.78 is 0. The van der Waals surface area contributed by atoms with Gasteiger partial charge in [-0.05, 0) is 38.3 Å². The van der Waals surface area contributed by atoms with Gasteiger partial charge in [0.1, 0.15) is 0 Å². The number of hydrogen-bond acceptors (Lipinski definition) is 3. The molecule has 3 rings (SSSR count). The van der Waals surface area contributed by atoms with Crippen molar-refractivity contribution in [2.75, 3.05) is 52.4 Å². The second-order valence-corrected chi connectivity index (χ2v) is 7.11. The van der Waals surface area contributed by atoms with Crippen molar-refractivity contribution >= 4 is 6.03 Å². The highest BCUT2D eigenvalue weighted by molar-refractivity contribution is 5.74. The molecule has 3 heterocycles. The first-order valence-electron chi connectivity index (χ1n) is 8.86. The molecule has 2 saturated heterocycles. The van der Waals surface area contributed by atoms with Gasteiger partial charge >= 0.3 is 6.03 Å². The number of urea groups is 1. The number of nitrogens with zero attached hydrogens (tertiary/aromatic N) is 3. The van der Waals surface area contributed by atoms with Crippen molar-refractivity contribution in [3.63, 3.8) is 0 Å². The molecule has 0 aromatic carbocycles. The van der Waals surface area contributed by atoms with E-state index in [9.17, 15) is 4.79 Å². The monoisotopic (exact) mass is 306 g/mol. The number of carbonyl (C=O) groups excluding carboxylic acids is 1. The van der Waals surface area contributed by atoms with Gasteiger partial charge in [-0.3, -0.25) is 4.90 Å². The van der Waals surface area contributed by atoms with Gasteiger partial charge in [-0.15, -0.1) is 0 Å². The molecule has 0 aliphatic carbocycles. The maximum atomic E-state index is 12.3. The summed E-state index contributed by atoms with van der Waals surface area (Å²) in [7, 11) is 0. The molecule has 2 unspecified atom stereocenters. The van der Waals surface area contributed by atoms with E-state index in [1.165, 1.54) is 25.9 Å². The average molecular weight is 306 g/mol. The van der Waals surface area contributed by atoms with Gasteiger partial charge < -0.3 is 15.1 Å². The van der Waals surface area contributed by atoms with Crippen molar-refractivity contribution < 1.29 is 4.79 Å². The largest absolute Gasteiger partial charge is 0.338 e. The molecule has 0 saturated carbocycles. The summed E-state index contributed by atoms with van der Waals surface area (Å²) >= 11 is 0.